The number of rotatable bonds is 7. The number of carbonyl (C=O) groups excluding carboxylic acids is 1. The van der Waals surface area contributed by atoms with Crippen LogP contribution in [0.1, 0.15) is 26.7 Å². The Hall–Kier alpha value is -2.19. The number of amides is 1. The third kappa shape index (κ3) is 4.44. The fraction of sp³-hybridized carbons (Fsp3) is 0.350. The number of benzene rings is 1. The first-order valence-corrected chi connectivity index (χ1v) is 10.9. The van der Waals surface area contributed by atoms with Gasteiger partial charge in [-0.25, -0.2) is 9.37 Å². The van der Waals surface area contributed by atoms with Crippen molar-refractivity contribution in [2.24, 2.45) is 7.05 Å². The van der Waals surface area contributed by atoms with Crippen LogP contribution in [0.4, 0.5) is 4.39 Å². The van der Waals surface area contributed by atoms with E-state index in [0.29, 0.717) is 15.4 Å². The highest BCUT2D eigenvalue weighted by Gasteiger charge is 2.17. The fourth-order valence-corrected chi connectivity index (χ4v) is 4.75. The van der Waals surface area contributed by atoms with Gasteiger partial charge in [-0.3, -0.25) is 14.2 Å². The zero-order chi connectivity index (χ0) is 20.3. The van der Waals surface area contributed by atoms with Gasteiger partial charge in [-0.1, -0.05) is 37.2 Å². The number of nitrogens with zero attached hydrogens (tertiary/aromatic N) is 2. The maximum atomic E-state index is 13.2. The van der Waals surface area contributed by atoms with Crippen molar-refractivity contribution in [1.82, 2.24) is 14.9 Å². The molecule has 1 atom stereocenters. The summed E-state index contributed by atoms with van der Waals surface area (Å²) in [5, 5.41) is 5.83. The number of thioether (sulfide) groups is 1. The molecule has 0 spiro atoms. The molecule has 2 heterocycles. The standard InChI is InChI=1S/C20H22FN3O2S2/c1-4-5-12(2)22-16(25)11-28-20-23-18-17(19(26)24(20)3)15(10-27-18)13-6-8-14(21)9-7-13/h6-10,12H,4-5,11H2,1-3H3,(H,22,25)/t12-/m0/s1. The summed E-state index contributed by atoms with van der Waals surface area (Å²) in [6.07, 6.45) is 1.94. The molecule has 0 aliphatic heterocycles. The number of hydrogen-bond acceptors (Lipinski definition) is 5. The van der Waals surface area contributed by atoms with E-state index in [9.17, 15) is 14.0 Å². The van der Waals surface area contributed by atoms with Gasteiger partial charge >= 0.3 is 0 Å². The quantitative estimate of drug-likeness (QED) is 0.461. The van der Waals surface area contributed by atoms with Crippen molar-refractivity contribution in [3.8, 4) is 11.1 Å². The molecule has 3 aromatic rings. The van der Waals surface area contributed by atoms with Gasteiger partial charge in [-0.15, -0.1) is 11.3 Å². The van der Waals surface area contributed by atoms with Crippen molar-refractivity contribution in [2.75, 3.05) is 5.75 Å². The summed E-state index contributed by atoms with van der Waals surface area (Å²) >= 11 is 2.62. The predicted octanol–water partition coefficient (Wildman–Crippen LogP) is 4.20. The molecule has 0 bridgehead atoms. The fourth-order valence-electron chi connectivity index (χ4n) is 2.98. The predicted molar refractivity (Wildman–Crippen MR) is 113 cm³/mol. The van der Waals surface area contributed by atoms with Gasteiger partial charge in [0.2, 0.25) is 5.91 Å². The van der Waals surface area contributed by atoms with Crippen molar-refractivity contribution in [1.29, 1.82) is 0 Å². The molecule has 0 aliphatic rings. The molecule has 28 heavy (non-hydrogen) atoms. The second-order valence-corrected chi connectivity index (χ2v) is 8.44. The second kappa shape index (κ2) is 8.87. The first-order valence-electron chi connectivity index (χ1n) is 9.07. The van der Waals surface area contributed by atoms with E-state index in [4.69, 9.17) is 0 Å². The summed E-state index contributed by atoms with van der Waals surface area (Å²) in [5.74, 6) is -0.186. The van der Waals surface area contributed by atoms with Crippen LogP contribution >= 0.6 is 23.1 Å². The molecule has 5 nitrogen and oxygen atoms in total. The van der Waals surface area contributed by atoms with E-state index in [1.807, 2.05) is 12.3 Å². The third-order valence-electron chi connectivity index (χ3n) is 4.39. The highest BCUT2D eigenvalue weighted by molar-refractivity contribution is 7.99. The van der Waals surface area contributed by atoms with Crippen molar-refractivity contribution in [2.45, 2.75) is 37.9 Å². The minimum absolute atomic E-state index is 0.0709. The van der Waals surface area contributed by atoms with E-state index in [1.165, 1.54) is 39.8 Å². The monoisotopic (exact) mass is 419 g/mol. The van der Waals surface area contributed by atoms with Gasteiger partial charge in [-0.2, -0.15) is 0 Å². The number of aromatic nitrogens is 2. The molecular weight excluding hydrogens is 397 g/mol. The number of fused-ring (bicyclic) bond motifs is 1. The van der Waals surface area contributed by atoms with Crippen LogP contribution in [-0.2, 0) is 11.8 Å². The van der Waals surface area contributed by atoms with E-state index in [-0.39, 0.29) is 29.1 Å². The van der Waals surface area contributed by atoms with Gasteiger partial charge < -0.3 is 5.32 Å². The SMILES string of the molecule is CCC[C@H](C)NC(=O)CSc1nc2scc(-c3ccc(F)cc3)c2c(=O)n1C. The Bertz CT molecular complexity index is 1040. The Morgan fingerprint density at radius 2 is 2.07 bits per heavy atom. The summed E-state index contributed by atoms with van der Waals surface area (Å²) < 4.78 is 14.7. The zero-order valence-electron chi connectivity index (χ0n) is 16.0. The summed E-state index contributed by atoms with van der Waals surface area (Å²) in [6.45, 7) is 4.06. The molecule has 1 aromatic carbocycles. The molecule has 0 radical (unpaired) electrons. The van der Waals surface area contributed by atoms with Crippen molar-refractivity contribution < 1.29 is 9.18 Å². The molecule has 0 saturated heterocycles. The van der Waals surface area contributed by atoms with Crippen LogP contribution in [0.5, 0.6) is 0 Å². The van der Waals surface area contributed by atoms with E-state index < -0.39 is 0 Å². The van der Waals surface area contributed by atoms with Crippen LogP contribution in [-0.4, -0.2) is 27.3 Å². The molecule has 8 heteroatoms. The summed E-state index contributed by atoms with van der Waals surface area (Å²) in [7, 11) is 1.65. The molecule has 1 amide bonds. The molecule has 148 valence electrons. The average Bonchev–Trinajstić information content (AvgIpc) is 3.08. The Morgan fingerprint density at radius 3 is 2.75 bits per heavy atom. The molecule has 1 N–H and O–H groups in total. The molecule has 0 aliphatic carbocycles. The second-order valence-electron chi connectivity index (χ2n) is 6.64. The molecule has 3 rings (SSSR count). The number of halogens is 1. The van der Waals surface area contributed by atoms with Crippen LogP contribution < -0.4 is 10.9 Å². The number of carbonyl (C=O) groups is 1. The van der Waals surface area contributed by atoms with Gasteiger partial charge in [-0.05, 0) is 31.0 Å². The first kappa shape index (κ1) is 20.5. The van der Waals surface area contributed by atoms with Crippen LogP contribution in [0.25, 0.3) is 21.3 Å². The van der Waals surface area contributed by atoms with Crippen molar-refractivity contribution in [3.05, 3.63) is 45.8 Å². The van der Waals surface area contributed by atoms with Crippen LogP contribution in [0.2, 0.25) is 0 Å². The number of thiophene rings is 1. The van der Waals surface area contributed by atoms with Gasteiger partial charge in [0.25, 0.3) is 5.56 Å². The molecular formula is C20H22FN3O2S2. The number of hydrogen-bond donors (Lipinski definition) is 1. The van der Waals surface area contributed by atoms with Crippen molar-refractivity contribution in [3.63, 3.8) is 0 Å². The van der Waals surface area contributed by atoms with E-state index in [0.717, 1.165) is 24.0 Å². The van der Waals surface area contributed by atoms with E-state index >= 15 is 0 Å². The minimum atomic E-state index is -0.320. The maximum absolute atomic E-state index is 13.2. The van der Waals surface area contributed by atoms with Gasteiger partial charge in [0.1, 0.15) is 10.6 Å². The Morgan fingerprint density at radius 1 is 1.36 bits per heavy atom. The Kier molecular flexibility index (Phi) is 6.51. The normalized spacial score (nSPS) is 12.3. The van der Waals surface area contributed by atoms with Gasteiger partial charge in [0, 0.05) is 24.0 Å². The van der Waals surface area contributed by atoms with Crippen LogP contribution in [0.3, 0.4) is 0 Å². The lowest BCUT2D eigenvalue weighted by Crippen LogP contribution is -2.33. The number of nitrogens with one attached hydrogen (secondary N) is 1. The molecule has 2 aromatic heterocycles. The first-order chi connectivity index (χ1) is 13.4. The smallest absolute Gasteiger partial charge is 0.263 e. The van der Waals surface area contributed by atoms with Crippen LogP contribution in [0.15, 0.2) is 39.6 Å². The molecule has 0 saturated carbocycles. The minimum Gasteiger partial charge on any atom is -0.353 e. The molecule has 0 fully saturated rings. The Balaban J connectivity index is 1.84. The lowest BCUT2D eigenvalue weighted by molar-refractivity contribution is -0.119. The molecule has 0 unspecified atom stereocenters. The Labute approximate surface area is 171 Å². The van der Waals surface area contributed by atoms with E-state index in [2.05, 4.69) is 17.2 Å². The topological polar surface area (TPSA) is 64.0 Å². The zero-order valence-corrected chi connectivity index (χ0v) is 17.6. The van der Waals surface area contributed by atoms with Crippen LogP contribution in [0, 0.1) is 5.82 Å². The maximum Gasteiger partial charge on any atom is 0.263 e. The van der Waals surface area contributed by atoms with Gasteiger partial charge in [0.15, 0.2) is 5.16 Å². The van der Waals surface area contributed by atoms with Gasteiger partial charge in [0.05, 0.1) is 11.1 Å². The largest absolute Gasteiger partial charge is 0.353 e. The lowest BCUT2D eigenvalue weighted by atomic mass is 10.1. The lowest BCUT2D eigenvalue weighted by Gasteiger charge is -2.13. The summed E-state index contributed by atoms with van der Waals surface area (Å²) in [4.78, 5) is 30.2. The van der Waals surface area contributed by atoms with E-state index in [1.54, 1.807) is 19.2 Å². The third-order valence-corrected chi connectivity index (χ3v) is 6.29. The highest BCUT2D eigenvalue weighted by Crippen LogP contribution is 2.32. The summed E-state index contributed by atoms with van der Waals surface area (Å²) in [5.41, 5.74) is 1.35. The summed E-state index contributed by atoms with van der Waals surface area (Å²) in [6, 6.07) is 6.19. The highest BCUT2D eigenvalue weighted by atomic mass is 32.2. The van der Waals surface area contributed by atoms with Crippen molar-refractivity contribution >= 4 is 39.2 Å². The average molecular weight is 420 g/mol.